The van der Waals surface area contributed by atoms with Crippen LogP contribution in [0.1, 0.15) is 17.2 Å². The summed E-state index contributed by atoms with van der Waals surface area (Å²) in [5, 5.41) is 9.61. The van der Waals surface area contributed by atoms with E-state index in [2.05, 4.69) is 12.6 Å². The number of hydrogen-bond acceptors (Lipinski definition) is 3. The van der Waals surface area contributed by atoms with Gasteiger partial charge in [0.1, 0.15) is 5.75 Å². The van der Waals surface area contributed by atoms with Gasteiger partial charge in [-0.25, -0.2) is 0 Å². The third-order valence-corrected chi connectivity index (χ3v) is 2.26. The topological polar surface area (TPSA) is 29.5 Å². The second-order valence-electron chi connectivity index (χ2n) is 2.94. The SMILES string of the molecule is COc1ccc(C)cc1C(O)CS. The van der Waals surface area contributed by atoms with Crippen molar-refractivity contribution >= 4 is 12.6 Å². The highest BCUT2D eigenvalue weighted by molar-refractivity contribution is 7.80. The Labute approximate surface area is 84.0 Å². The molecule has 0 saturated carbocycles. The third kappa shape index (κ3) is 2.39. The number of ether oxygens (including phenoxy) is 1. The lowest BCUT2D eigenvalue weighted by Gasteiger charge is -2.13. The zero-order valence-electron chi connectivity index (χ0n) is 7.82. The van der Waals surface area contributed by atoms with Crippen molar-refractivity contribution in [3.63, 3.8) is 0 Å². The van der Waals surface area contributed by atoms with Gasteiger partial charge in [-0.3, -0.25) is 0 Å². The van der Waals surface area contributed by atoms with Crippen LogP contribution in [0.2, 0.25) is 0 Å². The molecule has 0 aliphatic heterocycles. The average molecular weight is 198 g/mol. The van der Waals surface area contributed by atoms with Crippen molar-refractivity contribution in [1.29, 1.82) is 0 Å². The third-order valence-electron chi connectivity index (χ3n) is 1.92. The minimum absolute atomic E-state index is 0.403. The molecule has 1 atom stereocenters. The zero-order chi connectivity index (χ0) is 9.84. The molecule has 0 aliphatic carbocycles. The first kappa shape index (κ1) is 10.4. The number of thiol groups is 1. The molecule has 0 fully saturated rings. The molecule has 1 aromatic rings. The van der Waals surface area contributed by atoms with Gasteiger partial charge in [0.15, 0.2) is 0 Å². The maximum Gasteiger partial charge on any atom is 0.124 e. The van der Waals surface area contributed by atoms with E-state index < -0.39 is 6.10 Å². The summed E-state index contributed by atoms with van der Waals surface area (Å²) in [6.07, 6.45) is -0.557. The summed E-state index contributed by atoms with van der Waals surface area (Å²) in [6.45, 7) is 1.98. The summed E-state index contributed by atoms with van der Waals surface area (Å²) < 4.78 is 5.13. The van der Waals surface area contributed by atoms with Gasteiger partial charge in [-0.2, -0.15) is 12.6 Å². The molecule has 0 aliphatic rings. The summed E-state index contributed by atoms with van der Waals surface area (Å²) in [5.74, 6) is 1.12. The number of aliphatic hydroxyl groups is 1. The lowest BCUT2D eigenvalue weighted by Crippen LogP contribution is -2.02. The van der Waals surface area contributed by atoms with E-state index >= 15 is 0 Å². The molecule has 0 spiro atoms. The fraction of sp³-hybridized carbons (Fsp3) is 0.400. The fourth-order valence-corrected chi connectivity index (χ4v) is 1.41. The van der Waals surface area contributed by atoms with Gasteiger partial charge in [0.05, 0.1) is 13.2 Å². The fourth-order valence-electron chi connectivity index (χ4n) is 1.21. The summed E-state index contributed by atoms with van der Waals surface area (Å²) in [5.41, 5.74) is 1.91. The minimum atomic E-state index is -0.557. The highest BCUT2D eigenvalue weighted by Gasteiger charge is 2.11. The largest absolute Gasteiger partial charge is 0.496 e. The highest BCUT2D eigenvalue weighted by atomic mass is 32.1. The summed E-state index contributed by atoms with van der Waals surface area (Å²) in [7, 11) is 1.60. The van der Waals surface area contributed by atoms with Crippen LogP contribution in [-0.2, 0) is 0 Å². The molecule has 0 amide bonds. The monoisotopic (exact) mass is 198 g/mol. The van der Waals surface area contributed by atoms with Gasteiger partial charge in [-0.05, 0) is 19.1 Å². The van der Waals surface area contributed by atoms with Gasteiger partial charge in [0.2, 0.25) is 0 Å². The molecule has 1 rings (SSSR count). The lowest BCUT2D eigenvalue weighted by atomic mass is 10.1. The molecule has 2 nitrogen and oxygen atoms in total. The van der Waals surface area contributed by atoms with Gasteiger partial charge in [0, 0.05) is 11.3 Å². The smallest absolute Gasteiger partial charge is 0.124 e. The second kappa shape index (κ2) is 4.53. The van der Waals surface area contributed by atoms with E-state index in [1.165, 1.54) is 0 Å². The predicted molar refractivity (Wildman–Crippen MR) is 56.5 cm³/mol. The van der Waals surface area contributed by atoms with E-state index in [1.807, 2.05) is 25.1 Å². The van der Waals surface area contributed by atoms with Crippen LogP contribution < -0.4 is 4.74 Å². The van der Waals surface area contributed by atoms with Crippen molar-refractivity contribution in [2.75, 3.05) is 12.9 Å². The molecule has 0 heterocycles. The zero-order valence-corrected chi connectivity index (χ0v) is 8.71. The Kier molecular flexibility index (Phi) is 3.63. The van der Waals surface area contributed by atoms with Gasteiger partial charge in [0.25, 0.3) is 0 Å². The Morgan fingerprint density at radius 2 is 2.23 bits per heavy atom. The molecule has 1 unspecified atom stereocenters. The summed E-state index contributed by atoms with van der Waals surface area (Å²) >= 11 is 4.04. The van der Waals surface area contributed by atoms with Gasteiger partial charge < -0.3 is 9.84 Å². The van der Waals surface area contributed by atoms with E-state index in [4.69, 9.17) is 4.74 Å². The van der Waals surface area contributed by atoms with Crippen LogP contribution in [0.4, 0.5) is 0 Å². The minimum Gasteiger partial charge on any atom is -0.496 e. The number of hydrogen-bond donors (Lipinski definition) is 2. The Bertz CT molecular complexity index is 286. The first-order valence-corrected chi connectivity index (χ1v) is 4.75. The van der Waals surface area contributed by atoms with Crippen molar-refractivity contribution in [3.05, 3.63) is 29.3 Å². The first-order valence-electron chi connectivity index (χ1n) is 4.12. The lowest BCUT2D eigenvalue weighted by molar-refractivity contribution is 0.199. The van der Waals surface area contributed by atoms with Crippen molar-refractivity contribution in [1.82, 2.24) is 0 Å². The standard InChI is InChI=1S/C10H14O2S/c1-7-3-4-10(12-2)8(5-7)9(11)6-13/h3-5,9,11,13H,6H2,1-2H3. The molecule has 3 heteroatoms. The molecule has 0 aromatic heterocycles. The maximum absolute atomic E-state index is 9.61. The van der Waals surface area contributed by atoms with Crippen LogP contribution in [0.3, 0.4) is 0 Å². The summed E-state index contributed by atoms with van der Waals surface area (Å²) in [6, 6.07) is 5.73. The number of methoxy groups -OCH3 is 1. The van der Waals surface area contributed by atoms with Crippen LogP contribution in [0, 0.1) is 6.92 Å². The van der Waals surface area contributed by atoms with E-state index in [-0.39, 0.29) is 0 Å². The number of benzene rings is 1. The van der Waals surface area contributed by atoms with Gasteiger partial charge in [-0.15, -0.1) is 0 Å². The normalized spacial score (nSPS) is 12.6. The quantitative estimate of drug-likeness (QED) is 0.727. The van der Waals surface area contributed by atoms with Crippen LogP contribution in [0.25, 0.3) is 0 Å². The van der Waals surface area contributed by atoms with Gasteiger partial charge >= 0.3 is 0 Å². The molecule has 1 N–H and O–H groups in total. The Hall–Kier alpha value is -0.670. The number of aryl methyl sites for hydroxylation is 1. The van der Waals surface area contributed by atoms with Crippen molar-refractivity contribution < 1.29 is 9.84 Å². The number of rotatable bonds is 3. The molecule has 0 bridgehead atoms. The average Bonchev–Trinajstić information content (AvgIpc) is 2.16. The van der Waals surface area contributed by atoms with Crippen LogP contribution in [0.5, 0.6) is 5.75 Å². The van der Waals surface area contributed by atoms with Crippen molar-refractivity contribution in [2.24, 2.45) is 0 Å². The van der Waals surface area contributed by atoms with Crippen molar-refractivity contribution in [3.8, 4) is 5.75 Å². The van der Waals surface area contributed by atoms with Crippen LogP contribution in [-0.4, -0.2) is 18.0 Å². The predicted octanol–water partition coefficient (Wildman–Crippen LogP) is 1.97. The van der Waals surface area contributed by atoms with E-state index in [1.54, 1.807) is 7.11 Å². The Morgan fingerprint density at radius 3 is 2.77 bits per heavy atom. The summed E-state index contributed by atoms with van der Waals surface area (Å²) in [4.78, 5) is 0. The first-order chi connectivity index (χ1) is 6.19. The molecule has 1 aromatic carbocycles. The molecule has 72 valence electrons. The van der Waals surface area contributed by atoms with Gasteiger partial charge in [-0.1, -0.05) is 11.6 Å². The van der Waals surface area contributed by atoms with E-state index in [0.717, 1.165) is 11.1 Å². The molecule has 0 saturated heterocycles. The molecule has 0 radical (unpaired) electrons. The Balaban J connectivity index is 3.07. The highest BCUT2D eigenvalue weighted by Crippen LogP contribution is 2.26. The maximum atomic E-state index is 9.61. The molecular formula is C10H14O2S. The van der Waals surface area contributed by atoms with Crippen molar-refractivity contribution in [2.45, 2.75) is 13.0 Å². The Morgan fingerprint density at radius 1 is 1.54 bits per heavy atom. The van der Waals surface area contributed by atoms with Crippen LogP contribution in [0.15, 0.2) is 18.2 Å². The molecular weight excluding hydrogens is 184 g/mol. The van der Waals surface area contributed by atoms with E-state index in [9.17, 15) is 5.11 Å². The van der Waals surface area contributed by atoms with Crippen LogP contribution >= 0.6 is 12.6 Å². The second-order valence-corrected chi connectivity index (χ2v) is 3.31. The van der Waals surface area contributed by atoms with E-state index in [0.29, 0.717) is 11.5 Å². The number of aliphatic hydroxyl groups excluding tert-OH is 1. The molecule has 13 heavy (non-hydrogen) atoms.